The number of aliphatic hydroxyl groups excluding tert-OH is 2. The molecule has 0 heterocycles. The maximum absolute atomic E-state index is 14.3. The van der Waals surface area contributed by atoms with Crippen LogP contribution in [0.5, 0.6) is 11.5 Å². The van der Waals surface area contributed by atoms with Gasteiger partial charge in [-0.3, -0.25) is 19.2 Å². The quantitative estimate of drug-likeness (QED) is 0.0251. The summed E-state index contributed by atoms with van der Waals surface area (Å²) in [4.78, 5) is 67.6. The van der Waals surface area contributed by atoms with Gasteiger partial charge in [0, 0.05) is 60.4 Å². The second-order valence-corrected chi connectivity index (χ2v) is 28.3. The standard InChI is InChI=1S/C39H43F2N3O8S.C35H36F2N2O6S/c1-25(45)28-19-29(21-33(20-28)44(53(6,49)50)32-12-8-7-9-13-32)37(47)42-35(18-27-15-30(40)22-31(41)16-27)36(46)24-43(38(48)52-39(2,3)4)23-26-11-10-14-34(17-26)51-5;1-23(40)26-16-28(18-32(17-26)39(46(3,43)44)31-9-5-4-6-10-31)34(41)19-27(12-25-13-29(36)20-30(37)14-25)35(42)22-38-21-24-8-7-11-33(15-24)45-2/h7-17,19-22,35-36,46H,18,23-24H2,1-6H3,(H,42,47);4-11,13-18,20,27,35,38,42H,12,19,21-22H2,1-3H3/t35-,36+;27-,35-/m01/s1. The van der Waals surface area contributed by atoms with Crippen molar-refractivity contribution in [2.45, 2.75) is 90.8 Å². The topological polar surface area (TPSA) is 256 Å². The Morgan fingerprint density at radius 2 is 0.960 bits per heavy atom. The highest BCUT2D eigenvalue weighted by Crippen LogP contribution is 2.34. The molecule has 0 aliphatic heterocycles. The van der Waals surface area contributed by atoms with Gasteiger partial charge in [0.2, 0.25) is 20.0 Å². The maximum Gasteiger partial charge on any atom is 0.410 e. The van der Waals surface area contributed by atoms with E-state index in [-0.39, 0.29) is 88.6 Å². The molecule has 524 valence electrons. The molecule has 0 spiro atoms. The third-order valence-electron chi connectivity index (χ3n) is 15.3. The number of sulfonamides is 2. The van der Waals surface area contributed by atoms with Gasteiger partial charge in [0.25, 0.3) is 5.91 Å². The molecule has 0 aliphatic rings. The lowest BCUT2D eigenvalue weighted by Crippen LogP contribution is -2.51. The minimum absolute atomic E-state index is 0.00441. The maximum atomic E-state index is 14.3. The van der Waals surface area contributed by atoms with Gasteiger partial charge < -0.3 is 40.0 Å². The second kappa shape index (κ2) is 34.1. The van der Waals surface area contributed by atoms with Crippen LogP contribution in [0, 0.1) is 29.2 Å². The van der Waals surface area contributed by atoms with E-state index in [0.717, 1.165) is 57.0 Å². The van der Waals surface area contributed by atoms with Gasteiger partial charge in [0.15, 0.2) is 17.3 Å². The SMILES string of the molecule is COc1cccc(CN(C[C@@H](O)[C@H](Cc2cc(F)cc(F)c2)NC(=O)c2cc(C(C)=O)cc(N(c3ccccc3)S(C)(=O)=O)c2)C(=O)OC(C)(C)C)c1.COc1cccc(CNC[C@@H](O)[C@@H](CC(=O)c2cc(C(C)=O)cc(N(c3ccccc3)S(C)(=O)=O)c2)Cc2cc(F)cc(F)c2)c1. The fraction of sp³-hybridized carbons (Fsp3) is 0.284. The van der Waals surface area contributed by atoms with Crippen molar-refractivity contribution < 1.29 is 82.8 Å². The molecule has 8 aromatic rings. The lowest BCUT2D eigenvalue weighted by Gasteiger charge is -2.32. The molecule has 0 bridgehead atoms. The Hall–Kier alpha value is -9.79. The number of Topliss-reactive ketones (excluding diaryl/α,β-unsaturated/α-hetero) is 3. The first-order valence-corrected chi connectivity index (χ1v) is 34.8. The number of para-hydroxylation sites is 2. The number of aliphatic hydroxyl groups is 2. The van der Waals surface area contributed by atoms with E-state index >= 15 is 0 Å². The van der Waals surface area contributed by atoms with E-state index in [4.69, 9.17) is 14.2 Å². The van der Waals surface area contributed by atoms with Crippen LogP contribution in [-0.4, -0.2) is 125 Å². The summed E-state index contributed by atoms with van der Waals surface area (Å²) in [7, 11) is -4.83. The average molecular weight is 1400 g/mol. The van der Waals surface area contributed by atoms with Crippen molar-refractivity contribution in [2.24, 2.45) is 5.92 Å². The zero-order valence-electron chi connectivity index (χ0n) is 56.0. The number of rotatable bonds is 29. The molecule has 0 fully saturated rings. The average Bonchev–Trinajstić information content (AvgIpc) is 0.794. The van der Waals surface area contributed by atoms with Crippen molar-refractivity contribution in [1.82, 2.24) is 15.5 Å². The molecule has 0 saturated heterocycles. The van der Waals surface area contributed by atoms with Gasteiger partial charge in [-0.1, -0.05) is 60.7 Å². The smallest absolute Gasteiger partial charge is 0.410 e. The molecule has 4 N–H and O–H groups in total. The third-order valence-corrected chi connectivity index (χ3v) is 17.5. The highest BCUT2D eigenvalue weighted by molar-refractivity contribution is 7.92. The van der Waals surface area contributed by atoms with Crippen LogP contribution in [0.4, 0.5) is 45.1 Å². The van der Waals surface area contributed by atoms with Crippen molar-refractivity contribution in [3.63, 3.8) is 0 Å². The van der Waals surface area contributed by atoms with Crippen LogP contribution in [0.1, 0.15) is 105 Å². The van der Waals surface area contributed by atoms with E-state index < -0.39 is 103 Å². The van der Waals surface area contributed by atoms with Crippen LogP contribution in [0.3, 0.4) is 0 Å². The first-order chi connectivity index (χ1) is 46.7. The lowest BCUT2D eigenvalue weighted by molar-refractivity contribution is 0.00834. The summed E-state index contributed by atoms with van der Waals surface area (Å²) < 4.78 is 127. The number of benzene rings is 8. The van der Waals surface area contributed by atoms with Crippen molar-refractivity contribution in [2.75, 3.05) is 48.4 Å². The highest BCUT2D eigenvalue weighted by atomic mass is 32.2. The minimum Gasteiger partial charge on any atom is -0.497 e. The number of anilines is 4. The molecule has 0 aromatic heterocycles. The minimum atomic E-state index is -3.98. The zero-order chi connectivity index (χ0) is 72.5. The Balaban J connectivity index is 0.000000281. The van der Waals surface area contributed by atoms with Gasteiger partial charge in [-0.2, -0.15) is 0 Å². The highest BCUT2D eigenvalue weighted by Gasteiger charge is 2.32. The van der Waals surface area contributed by atoms with Crippen LogP contribution in [-0.2, 0) is 50.7 Å². The normalized spacial score (nSPS) is 12.7. The number of methoxy groups -OCH3 is 2. The van der Waals surface area contributed by atoms with E-state index in [0.29, 0.717) is 35.4 Å². The van der Waals surface area contributed by atoms with Crippen LogP contribution in [0.15, 0.2) is 182 Å². The number of nitrogens with one attached hydrogen (secondary N) is 2. The van der Waals surface area contributed by atoms with Crippen LogP contribution in [0.2, 0.25) is 0 Å². The molecule has 4 atom stereocenters. The zero-order valence-corrected chi connectivity index (χ0v) is 57.7. The molecule has 0 radical (unpaired) electrons. The Morgan fingerprint density at radius 1 is 0.515 bits per heavy atom. The number of hydrogen-bond acceptors (Lipinski definition) is 15. The summed E-state index contributed by atoms with van der Waals surface area (Å²) in [6.45, 7) is 7.60. The van der Waals surface area contributed by atoms with Crippen molar-refractivity contribution in [3.05, 3.63) is 250 Å². The Bertz CT molecular complexity index is 4370. The summed E-state index contributed by atoms with van der Waals surface area (Å²) in [5.74, 6) is -5.10. The van der Waals surface area contributed by atoms with E-state index in [1.807, 2.05) is 18.2 Å². The van der Waals surface area contributed by atoms with Crippen LogP contribution >= 0.6 is 0 Å². The van der Waals surface area contributed by atoms with Gasteiger partial charge in [0.1, 0.15) is 40.4 Å². The Kier molecular flexibility index (Phi) is 26.4. The van der Waals surface area contributed by atoms with Crippen LogP contribution < -0.4 is 28.7 Å². The van der Waals surface area contributed by atoms with E-state index in [1.165, 1.54) is 62.3 Å². The predicted molar refractivity (Wildman–Crippen MR) is 370 cm³/mol. The van der Waals surface area contributed by atoms with Crippen LogP contribution in [0.25, 0.3) is 0 Å². The molecule has 99 heavy (non-hydrogen) atoms. The Morgan fingerprint density at radius 3 is 1.42 bits per heavy atom. The number of hydrogen-bond donors (Lipinski definition) is 4. The van der Waals surface area contributed by atoms with Gasteiger partial charge >= 0.3 is 6.09 Å². The molecule has 19 nitrogen and oxygen atoms in total. The lowest BCUT2D eigenvalue weighted by atomic mass is 9.87. The van der Waals surface area contributed by atoms with Gasteiger partial charge in [-0.15, -0.1) is 0 Å². The summed E-state index contributed by atoms with van der Waals surface area (Å²) in [6.07, 6.45) is -2.02. The largest absolute Gasteiger partial charge is 0.497 e. The summed E-state index contributed by atoms with van der Waals surface area (Å²) >= 11 is 0. The predicted octanol–water partition coefficient (Wildman–Crippen LogP) is 12.3. The number of ketones is 3. The fourth-order valence-electron chi connectivity index (χ4n) is 10.8. The monoisotopic (exact) mass is 1400 g/mol. The number of halogens is 4. The second-order valence-electron chi connectivity index (χ2n) is 24.6. The number of carbonyl (C=O) groups excluding carboxylic acids is 5. The van der Waals surface area contributed by atoms with E-state index in [2.05, 4.69) is 10.6 Å². The third kappa shape index (κ3) is 22.9. The molecule has 8 aromatic carbocycles. The summed E-state index contributed by atoms with van der Waals surface area (Å²) in [5.41, 5.74) is 1.69. The summed E-state index contributed by atoms with van der Waals surface area (Å²) in [5, 5.41) is 28.8. The molecule has 0 aliphatic carbocycles. The van der Waals surface area contributed by atoms with Gasteiger partial charge in [-0.25, -0.2) is 47.8 Å². The summed E-state index contributed by atoms with van der Waals surface area (Å²) in [6, 6.07) is 43.1. The molecule has 0 saturated carbocycles. The van der Waals surface area contributed by atoms with Crippen molar-refractivity contribution in [3.8, 4) is 11.5 Å². The molecule has 25 heteroatoms. The molecule has 0 unspecified atom stereocenters. The van der Waals surface area contributed by atoms with Gasteiger partial charge in [0.05, 0.1) is 74.3 Å². The molecule has 2 amide bonds. The molecule has 8 rings (SSSR count). The van der Waals surface area contributed by atoms with E-state index in [1.54, 1.807) is 119 Å². The van der Waals surface area contributed by atoms with E-state index in [9.17, 15) is 68.6 Å². The molecular formula is C74H79F4N5O14S2. The first-order valence-electron chi connectivity index (χ1n) is 31.1. The molecular weight excluding hydrogens is 1320 g/mol. The number of nitrogens with zero attached hydrogens (tertiary/aromatic N) is 3. The number of ether oxygens (including phenoxy) is 3. The number of carbonyl (C=O) groups is 5. The van der Waals surface area contributed by atoms with Crippen molar-refractivity contribution in [1.29, 1.82) is 0 Å². The Labute approximate surface area is 574 Å². The fourth-order valence-corrected chi connectivity index (χ4v) is 12.8. The van der Waals surface area contributed by atoms with Crippen molar-refractivity contribution >= 4 is 72.1 Å². The van der Waals surface area contributed by atoms with Gasteiger partial charge in [-0.05, 0) is 185 Å². The first kappa shape index (κ1) is 76.6. The number of amides is 2.